The molecule has 0 aromatic rings. The predicted octanol–water partition coefficient (Wildman–Crippen LogP) is 2.10. The molecule has 1 aliphatic rings. The predicted molar refractivity (Wildman–Crippen MR) is 47.1 cm³/mol. The summed E-state index contributed by atoms with van der Waals surface area (Å²) in [7, 11) is 0. The van der Waals surface area contributed by atoms with Crippen molar-refractivity contribution in [2.75, 3.05) is 13.2 Å². The van der Waals surface area contributed by atoms with E-state index in [1.54, 1.807) is 0 Å². The Morgan fingerprint density at radius 3 is 1.93 bits per heavy atom. The second-order valence-corrected chi connectivity index (χ2v) is 4.94. The van der Waals surface area contributed by atoms with Gasteiger partial charge in [-0.3, -0.25) is 0 Å². The molecule has 0 spiro atoms. The summed E-state index contributed by atoms with van der Waals surface area (Å²) < 4.78 is 41.6. The monoisotopic (exact) mass is 211 g/mol. The molecule has 1 N–H and O–H groups in total. The summed E-state index contributed by atoms with van der Waals surface area (Å²) in [5.41, 5.74) is -1.23. The van der Waals surface area contributed by atoms with Gasteiger partial charge < -0.3 is 10.1 Å². The highest BCUT2D eigenvalue weighted by Gasteiger charge is 2.49. The molecule has 1 heterocycles. The van der Waals surface area contributed by atoms with Gasteiger partial charge in [0, 0.05) is 5.54 Å². The van der Waals surface area contributed by atoms with Gasteiger partial charge >= 0.3 is 6.18 Å². The summed E-state index contributed by atoms with van der Waals surface area (Å²) in [6, 6.07) is 0. The van der Waals surface area contributed by atoms with E-state index >= 15 is 0 Å². The van der Waals surface area contributed by atoms with Gasteiger partial charge in [0.15, 0.2) is 0 Å². The van der Waals surface area contributed by atoms with Crippen molar-refractivity contribution in [1.29, 1.82) is 0 Å². The van der Waals surface area contributed by atoms with E-state index in [0.717, 1.165) is 0 Å². The average Bonchev–Trinajstić information content (AvgIpc) is 1.75. The lowest BCUT2D eigenvalue weighted by Crippen LogP contribution is -2.66. The van der Waals surface area contributed by atoms with Crippen molar-refractivity contribution < 1.29 is 17.9 Å². The zero-order valence-corrected chi connectivity index (χ0v) is 8.66. The van der Waals surface area contributed by atoms with Crippen LogP contribution in [0.3, 0.4) is 0 Å². The minimum Gasteiger partial charge on any atom is -0.377 e. The summed E-state index contributed by atoms with van der Waals surface area (Å²) in [5, 5.41) is 2.98. The topological polar surface area (TPSA) is 21.3 Å². The number of hydrogen-bond acceptors (Lipinski definition) is 2. The molecule has 1 rings (SSSR count). The quantitative estimate of drug-likeness (QED) is 0.755. The molecule has 0 aromatic heterocycles. The van der Waals surface area contributed by atoms with E-state index in [-0.39, 0.29) is 18.8 Å². The van der Waals surface area contributed by atoms with Gasteiger partial charge in [0.05, 0.1) is 25.2 Å². The first-order chi connectivity index (χ1) is 6.12. The molecule has 0 bridgehead atoms. The van der Waals surface area contributed by atoms with Crippen molar-refractivity contribution in [3.63, 3.8) is 0 Å². The van der Waals surface area contributed by atoms with Crippen molar-refractivity contribution in [3.05, 3.63) is 0 Å². The second-order valence-electron chi connectivity index (χ2n) is 4.94. The van der Waals surface area contributed by atoms with Crippen LogP contribution in [0.5, 0.6) is 0 Å². The van der Waals surface area contributed by atoms with E-state index in [4.69, 9.17) is 4.74 Å². The van der Waals surface area contributed by atoms with Gasteiger partial charge in [0.2, 0.25) is 0 Å². The van der Waals surface area contributed by atoms with Crippen molar-refractivity contribution in [1.82, 2.24) is 5.32 Å². The summed E-state index contributed by atoms with van der Waals surface area (Å²) >= 11 is 0. The Balaban J connectivity index is 2.59. The fraction of sp³-hybridized carbons (Fsp3) is 1.00. The van der Waals surface area contributed by atoms with Crippen molar-refractivity contribution in [2.24, 2.45) is 0 Å². The zero-order chi connectivity index (χ0) is 11.0. The number of ether oxygens (including phenoxy) is 1. The molecule has 5 heteroatoms. The van der Waals surface area contributed by atoms with Crippen LogP contribution in [-0.2, 0) is 4.74 Å². The van der Waals surface area contributed by atoms with Crippen molar-refractivity contribution >= 4 is 0 Å². The first kappa shape index (κ1) is 11.8. The van der Waals surface area contributed by atoms with Crippen LogP contribution in [0, 0.1) is 0 Å². The fourth-order valence-corrected chi connectivity index (χ4v) is 1.75. The average molecular weight is 211 g/mol. The Labute approximate surface area is 81.8 Å². The van der Waals surface area contributed by atoms with Crippen LogP contribution >= 0.6 is 0 Å². The lowest BCUT2D eigenvalue weighted by Gasteiger charge is -2.46. The number of hydrogen-bond donors (Lipinski definition) is 1. The Kier molecular flexibility index (Phi) is 2.84. The van der Waals surface area contributed by atoms with Gasteiger partial charge in [-0.25, -0.2) is 0 Å². The zero-order valence-electron chi connectivity index (χ0n) is 8.66. The molecule has 14 heavy (non-hydrogen) atoms. The first-order valence-electron chi connectivity index (χ1n) is 4.56. The van der Waals surface area contributed by atoms with Crippen LogP contribution in [0.1, 0.15) is 27.2 Å². The number of halogens is 3. The molecule has 0 aliphatic carbocycles. The number of alkyl halides is 3. The summed E-state index contributed by atoms with van der Waals surface area (Å²) in [4.78, 5) is 0. The molecule has 0 saturated carbocycles. The lowest BCUT2D eigenvalue weighted by atomic mass is 9.89. The van der Waals surface area contributed by atoms with Crippen molar-refractivity contribution in [2.45, 2.75) is 44.4 Å². The molecule has 2 nitrogen and oxygen atoms in total. The van der Waals surface area contributed by atoms with Gasteiger partial charge in [0.25, 0.3) is 0 Å². The fourth-order valence-electron chi connectivity index (χ4n) is 1.75. The number of nitrogens with one attached hydrogen (secondary N) is 1. The summed E-state index contributed by atoms with van der Waals surface area (Å²) in [6.07, 6.45) is -4.96. The maximum absolute atomic E-state index is 12.3. The SMILES string of the molecule is CC(C)(C)NC1(CC(F)(F)F)COC1. The van der Waals surface area contributed by atoms with Gasteiger partial charge in [0.1, 0.15) is 0 Å². The van der Waals surface area contributed by atoms with Crippen LogP contribution in [0.4, 0.5) is 13.2 Å². The third kappa shape index (κ3) is 3.46. The van der Waals surface area contributed by atoms with Crippen molar-refractivity contribution in [3.8, 4) is 0 Å². The molecule has 84 valence electrons. The normalized spacial score (nSPS) is 21.9. The molecule has 1 aliphatic heterocycles. The van der Waals surface area contributed by atoms with Gasteiger partial charge in [-0.15, -0.1) is 0 Å². The summed E-state index contributed by atoms with van der Waals surface area (Å²) in [5.74, 6) is 0. The highest BCUT2D eigenvalue weighted by molar-refractivity contribution is 4.99. The van der Waals surface area contributed by atoms with Gasteiger partial charge in [-0.1, -0.05) is 0 Å². The Bertz CT molecular complexity index is 185. The van der Waals surface area contributed by atoms with E-state index in [1.807, 2.05) is 20.8 Å². The van der Waals surface area contributed by atoms with Gasteiger partial charge in [-0.05, 0) is 20.8 Å². The number of rotatable bonds is 2. The lowest BCUT2D eigenvalue weighted by molar-refractivity contribution is -0.191. The standard InChI is InChI=1S/C9H16F3NO/c1-7(2,3)13-8(5-14-6-8)4-9(10,11)12/h13H,4-6H2,1-3H3. The molecular formula is C9H16F3NO. The molecule has 1 saturated heterocycles. The van der Waals surface area contributed by atoms with Crippen LogP contribution in [0.2, 0.25) is 0 Å². The third-order valence-electron chi connectivity index (χ3n) is 1.94. The highest BCUT2D eigenvalue weighted by Crippen LogP contribution is 2.33. The summed E-state index contributed by atoms with van der Waals surface area (Å²) in [6.45, 7) is 5.84. The minimum atomic E-state index is -4.14. The smallest absolute Gasteiger partial charge is 0.377 e. The molecule has 1 fully saturated rings. The van der Waals surface area contributed by atoms with E-state index in [9.17, 15) is 13.2 Å². The van der Waals surface area contributed by atoms with E-state index in [2.05, 4.69) is 5.32 Å². The maximum Gasteiger partial charge on any atom is 0.391 e. The third-order valence-corrected chi connectivity index (χ3v) is 1.94. The molecule has 0 aromatic carbocycles. The van der Waals surface area contributed by atoms with Crippen LogP contribution in [0.25, 0.3) is 0 Å². The van der Waals surface area contributed by atoms with Gasteiger partial charge in [-0.2, -0.15) is 13.2 Å². The first-order valence-corrected chi connectivity index (χ1v) is 4.56. The molecule has 0 atom stereocenters. The largest absolute Gasteiger partial charge is 0.391 e. The molecule has 0 unspecified atom stereocenters. The van der Waals surface area contributed by atoms with Crippen LogP contribution in [0.15, 0.2) is 0 Å². The minimum absolute atomic E-state index is 0.143. The molecular weight excluding hydrogens is 195 g/mol. The van der Waals surface area contributed by atoms with E-state index in [1.165, 1.54) is 0 Å². The molecule has 0 amide bonds. The Morgan fingerprint density at radius 1 is 1.21 bits per heavy atom. The van der Waals surface area contributed by atoms with E-state index in [0.29, 0.717) is 0 Å². The second kappa shape index (κ2) is 3.38. The van der Waals surface area contributed by atoms with Crippen LogP contribution in [-0.4, -0.2) is 30.5 Å². The van der Waals surface area contributed by atoms with Crippen LogP contribution < -0.4 is 5.32 Å². The molecule has 0 radical (unpaired) electrons. The Morgan fingerprint density at radius 2 is 1.71 bits per heavy atom. The Hall–Kier alpha value is -0.290. The maximum atomic E-state index is 12.3. The van der Waals surface area contributed by atoms with E-state index < -0.39 is 18.1 Å². The highest BCUT2D eigenvalue weighted by atomic mass is 19.4.